The number of fused-ring (bicyclic) bond motifs is 4. The molecule has 0 radical (unpaired) electrons. The number of ketones is 2. The Morgan fingerprint density at radius 1 is 1.09 bits per heavy atom. The van der Waals surface area contributed by atoms with E-state index in [-0.39, 0.29) is 51.9 Å². The van der Waals surface area contributed by atoms with Crippen LogP contribution in [0.25, 0.3) is 10.8 Å². The van der Waals surface area contributed by atoms with Gasteiger partial charge in [0.05, 0.1) is 25.4 Å². The molecule has 0 unspecified atom stereocenters. The highest BCUT2D eigenvalue weighted by Gasteiger charge is 2.56. The predicted octanol–water partition coefficient (Wildman–Crippen LogP) is 3.45. The largest absolute Gasteiger partial charge is 0.507 e. The lowest BCUT2D eigenvalue weighted by Crippen LogP contribution is -2.41. The van der Waals surface area contributed by atoms with Crippen molar-refractivity contribution >= 4 is 34.2 Å². The molecular weight excluding hydrogens is 556 g/mol. The molecule has 0 saturated carbocycles. The first-order chi connectivity index (χ1) is 20.5. The van der Waals surface area contributed by atoms with E-state index in [0.717, 1.165) is 28.0 Å². The predicted molar refractivity (Wildman–Crippen MR) is 154 cm³/mol. The van der Waals surface area contributed by atoms with Gasteiger partial charge in [-0.05, 0) is 42.7 Å². The van der Waals surface area contributed by atoms with Crippen molar-refractivity contribution in [3.63, 3.8) is 0 Å². The third kappa shape index (κ3) is 4.87. The average Bonchev–Trinajstić information content (AvgIpc) is 3.29. The number of allylic oxidation sites excluding steroid dienone is 4. The van der Waals surface area contributed by atoms with E-state index in [1.165, 1.54) is 34.1 Å². The fraction of sp³-hybridized carbons (Fsp3) is 0.250. The van der Waals surface area contributed by atoms with Crippen LogP contribution >= 0.6 is 0 Å². The van der Waals surface area contributed by atoms with Crippen molar-refractivity contribution in [3.8, 4) is 17.2 Å². The van der Waals surface area contributed by atoms with Crippen molar-refractivity contribution < 1.29 is 43.3 Å². The standard InChI is InChI=1S/C32H30N2O9/c1-16-10-11-18-8-6-7-9-19(18)20(16)14-33-31(39)27-23(40-4)12-22(36)28-29(27)43-24-13-21(35)26(30(38)32(24,28)3)17(2)34-42-15-25(37)41-5/h6-13,34,36H,14-15H2,1-5H3,(H,33,39)/b26-17+/t32-/m1/s1. The van der Waals surface area contributed by atoms with Gasteiger partial charge in [0.15, 0.2) is 23.9 Å². The molecule has 1 atom stereocenters. The Morgan fingerprint density at radius 3 is 2.56 bits per heavy atom. The number of benzene rings is 3. The fourth-order valence-corrected chi connectivity index (χ4v) is 5.48. The number of hydrogen-bond donors (Lipinski definition) is 3. The molecule has 0 spiro atoms. The number of hydroxylamine groups is 1. The first-order valence-electron chi connectivity index (χ1n) is 13.4. The van der Waals surface area contributed by atoms with E-state index in [1.807, 2.05) is 43.3 Å². The molecular formula is C32H30N2O9. The van der Waals surface area contributed by atoms with Crippen LogP contribution < -0.4 is 20.3 Å². The number of aryl methyl sites for hydroxylation is 1. The van der Waals surface area contributed by atoms with Crippen LogP contribution in [0.15, 0.2) is 65.6 Å². The molecule has 0 fully saturated rings. The number of rotatable bonds is 8. The molecule has 5 rings (SSSR count). The van der Waals surface area contributed by atoms with Gasteiger partial charge in [0.1, 0.15) is 28.2 Å². The summed E-state index contributed by atoms with van der Waals surface area (Å²) in [4.78, 5) is 57.2. The lowest BCUT2D eigenvalue weighted by molar-refractivity contribution is -0.148. The highest BCUT2D eigenvalue weighted by molar-refractivity contribution is 6.31. The maximum atomic E-state index is 13.9. The first-order valence-corrected chi connectivity index (χ1v) is 13.4. The monoisotopic (exact) mass is 586 g/mol. The van der Waals surface area contributed by atoms with Crippen molar-refractivity contribution in [1.29, 1.82) is 0 Å². The van der Waals surface area contributed by atoms with Gasteiger partial charge in [-0.3, -0.25) is 24.7 Å². The molecule has 43 heavy (non-hydrogen) atoms. The SMILES string of the molecule is COC(=O)CON/C(C)=C1\C(=O)C=C2Oc3c(C(=O)NCc4c(C)ccc5ccccc45)c(OC)cc(O)c3[C@]2(C)C1=O. The molecule has 1 aliphatic carbocycles. The van der Waals surface area contributed by atoms with Crippen LogP contribution in [0.1, 0.15) is 40.9 Å². The van der Waals surface area contributed by atoms with Gasteiger partial charge in [0, 0.05) is 24.4 Å². The lowest BCUT2D eigenvalue weighted by atomic mass is 9.70. The quantitative estimate of drug-likeness (QED) is 0.155. The van der Waals surface area contributed by atoms with E-state index in [2.05, 4.69) is 15.5 Å². The number of phenols is 1. The smallest absolute Gasteiger partial charge is 0.334 e. The van der Waals surface area contributed by atoms with E-state index >= 15 is 0 Å². The van der Waals surface area contributed by atoms with Crippen molar-refractivity contribution in [3.05, 3.63) is 87.8 Å². The molecule has 11 nitrogen and oxygen atoms in total. The third-order valence-electron chi connectivity index (χ3n) is 7.78. The molecule has 1 heterocycles. The Bertz CT molecular complexity index is 1770. The second kappa shape index (κ2) is 11.3. The second-order valence-electron chi connectivity index (χ2n) is 10.3. The molecule has 1 amide bonds. The highest BCUT2D eigenvalue weighted by Crippen LogP contribution is 2.56. The van der Waals surface area contributed by atoms with Crippen LogP contribution in [0.5, 0.6) is 17.2 Å². The van der Waals surface area contributed by atoms with Gasteiger partial charge in [-0.1, -0.05) is 36.4 Å². The van der Waals surface area contributed by atoms with Crippen LogP contribution in [0.2, 0.25) is 0 Å². The van der Waals surface area contributed by atoms with Crippen LogP contribution in [0, 0.1) is 6.92 Å². The Balaban J connectivity index is 1.53. The zero-order valence-electron chi connectivity index (χ0n) is 24.2. The molecule has 0 aromatic heterocycles. The minimum Gasteiger partial charge on any atom is -0.507 e. The van der Waals surface area contributed by atoms with E-state index in [1.54, 1.807) is 0 Å². The summed E-state index contributed by atoms with van der Waals surface area (Å²) in [6.07, 6.45) is 1.13. The van der Waals surface area contributed by atoms with Gasteiger partial charge >= 0.3 is 5.97 Å². The number of nitrogens with one attached hydrogen (secondary N) is 2. The zero-order chi connectivity index (χ0) is 31.1. The molecule has 0 saturated heterocycles. The number of methoxy groups -OCH3 is 2. The number of amides is 1. The molecule has 3 aromatic carbocycles. The number of ether oxygens (including phenoxy) is 3. The van der Waals surface area contributed by atoms with Crippen molar-refractivity contribution in [2.24, 2.45) is 0 Å². The summed E-state index contributed by atoms with van der Waals surface area (Å²) in [5, 5.41) is 16.0. The zero-order valence-corrected chi connectivity index (χ0v) is 24.2. The van der Waals surface area contributed by atoms with Gasteiger partial charge in [-0.15, -0.1) is 0 Å². The number of carbonyl (C=O) groups is 4. The van der Waals surface area contributed by atoms with Gasteiger partial charge in [-0.25, -0.2) is 4.79 Å². The maximum absolute atomic E-state index is 13.9. The van der Waals surface area contributed by atoms with Gasteiger partial charge in [-0.2, -0.15) is 0 Å². The molecule has 0 bridgehead atoms. The first kappa shape index (κ1) is 29.3. The van der Waals surface area contributed by atoms with E-state index < -0.39 is 35.5 Å². The normalized spacial score (nSPS) is 18.3. The van der Waals surface area contributed by atoms with E-state index in [0.29, 0.717) is 0 Å². The van der Waals surface area contributed by atoms with Gasteiger partial charge in [0.2, 0.25) is 0 Å². The van der Waals surface area contributed by atoms with Crippen LogP contribution in [0.4, 0.5) is 0 Å². The molecule has 222 valence electrons. The fourth-order valence-electron chi connectivity index (χ4n) is 5.48. The molecule has 2 aliphatic rings. The van der Waals surface area contributed by atoms with E-state index in [9.17, 15) is 24.3 Å². The van der Waals surface area contributed by atoms with Crippen LogP contribution in [-0.4, -0.2) is 49.4 Å². The minimum absolute atomic E-state index is 0.0179. The van der Waals surface area contributed by atoms with Crippen LogP contribution in [-0.2, 0) is 35.9 Å². The Kier molecular flexibility index (Phi) is 7.68. The maximum Gasteiger partial charge on any atom is 0.334 e. The summed E-state index contributed by atoms with van der Waals surface area (Å²) in [6.45, 7) is 4.61. The number of hydrogen-bond acceptors (Lipinski definition) is 10. The number of aromatic hydroxyl groups is 1. The summed E-state index contributed by atoms with van der Waals surface area (Å²) in [6, 6.07) is 13.1. The van der Waals surface area contributed by atoms with Crippen LogP contribution in [0.3, 0.4) is 0 Å². The van der Waals surface area contributed by atoms with E-state index in [4.69, 9.17) is 14.3 Å². The summed E-state index contributed by atoms with van der Waals surface area (Å²) in [5.74, 6) is -3.08. The summed E-state index contributed by atoms with van der Waals surface area (Å²) >= 11 is 0. The number of carbonyl (C=O) groups excluding carboxylic acids is 4. The minimum atomic E-state index is -1.65. The Labute approximate surface area is 247 Å². The number of phenolic OH excluding ortho intramolecular Hbond substituents is 1. The molecule has 1 aliphatic heterocycles. The van der Waals surface area contributed by atoms with Crippen molar-refractivity contribution in [2.45, 2.75) is 32.7 Å². The summed E-state index contributed by atoms with van der Waals surface area (Å²) in [7, 11) is 2.53. The van der Waals surface area contributed by atoms with Gasteiger partial charge < -0.3 is 24.6 Å². The summed E-state index contributed by atoms with van der Waals surface area (Å²) < 4.78 is 16.0. The third-order valence-corrected chi connectivity index (χ3v) is 7.78. The lowest BCUT2D eigenvalue weighted by Gasteiger charge is -2.28. The number of esters is 1. The highest BCUT2D eigenvalue weighted by atomic mass is 16.7. The van der Waals surface area contributed by atoms with Crippen molar-refractivity contribution in [1.82, 2.24) is 10.8 Å². The molecule has 3 aromatic rings. The summed E-state index contributed by atoms with van der Waals surface area (Å²) in [5.41, 5.74) is 2.46. The topological polar surface area (TPSA) is 149 Å². The Morgan fingerprint density at radius 2 is 1.84 bits per heavy atom. The average molecular weight is 587 g/mol. The number of Topliss-reactive ketones (excluding diaryl/α,β-unsaturated/α-hetero) is 1. The van der Waals surface area contributed by atoms with Crippen molar-refractivity contribution in [2.75, 3.05) is 20.8 Å². The van der Waals surface area contributed by atoms with Gasteiger partial charge in [0.25, 0.3) is 5.91 Å². The second-order valence-corrected chi connectivity index (χ2v) is 10.3. The molecule has 3 N–H and O–H groups in total. The Hall–Kier alpha value is -5.16. The molecule has 11 heteroatoms.